The van der Waals surface area contributed by atoms with Crippen molar-refractivity contribution >= 4 is 29.1 Å². The van der Waals surface area contributed by atoms with Crippen LogP contribution in [0.4, 0.5) is 0 Å². The number of amides is 3. The van der Waals surface area contributed by atoms with E-state index in [1.165, 1.54) is 16.2 Å². The van der Waals surface area contributed by atoms with Crippen molar-refractivity contribution < 1.29 is 24.6 Å². The second-order valence-electron chi connectivity index (χ2n) is 10.5. The van der Waals surface area contributed by atoms with Crippen molar-refractivity contribution in [2.24, 2.45) is 5.92 Å². The van der Waals surface area contributed by atoms with Crippen LogP contribution in [0, 0.1) is 12.8 Å². The third-order valence-corrected chi connectivity index (χ3v) is 8.46. The van der Waals surface area contributed by atoms with Crippen molar-refractivity contribution in [3.05, 3.63) is 70.4 Å². The molecular formula is C29H32N4O5S. The highest BCUT2D eigenvalue weighted by atomic mass is 32.1. The number of benzene rings is 2. The summed E-state index contributed by atoms with van der Waals surface area (Å²) in [5.74, 6) is -1.12. The van der Waals surface area contributed by atoms with E-state index in [1.807, 2.05) is 39.0 Å². The first-order chi connectivity index (χ1) is 18.7. The van der Waals surface area contributed by atoms with Crippen LogP contribution in [0.15, 0.2) is 48.0 Å². The van der Waals surface area contributed by atoms with Gasteiger partial charge in [0.1, 0.15) is 17.8 Å². The van der Waals surface area contributed by atoms with Crippen LogP contribution in [-0.2, 0) is 22.7 Å². The highest BCUT2D eigenvalue weighted by Gasteiger charge is 2.45. The molecule has 39 heavy (non-hydrogen) atoms. The molecule has 0 saturated carbocycles. The second-order valence-corrected chi connectivity index (χ2v) is 11.4. The summed E-state index contributed by atoms with van der Waals surface area (Å²) in [4.78, 5) is 48.4. The molecule has 0 radical (unpaired) electrons. The molecule has 9 nitrogen and oxygen atoms in total. The molecule has 1 saturated heterocycles. The number of hydrogen-bond acceptors (Lipinski definition) is 7. The maximum Gasteiger partial charge on any atom is 0.255 e. The number of rotatable bonds is 7. The summed E-state index contributed by atoms with van der Waals surface area (Å²) in [7, 11) is 0. The highest BCUT2D eigenvalue weighted by molar-refractivity contribution is 7.13. The van der Waals surface area contributed by atoms with Gasteiger partial charge in [-0.05, 0) is 36.1 Å². The molecule has 3 heterocycles. The predicted octanol–water partition coefficient (Wildman–Crippen LogP) is 3.08. The Bertz CT molecular complexity index is 1420. The second kappa shape index (κ2) is 10.8. The Hall–Kier alpha value is -3.76. The first-order valence-corrected chi connectivity index (χ1v) is 13.9. The van der Waals surface area contributed by atoms with Gasteiger partial charge in [-0.1, -0.05) is 44.2 Å². The number of aliphatic hydroxyl groups is 1. The van der Waals surface area contributed by atoms with E-state index in [9.17, 15) is 24.6 Å². The molecule has 3 aromatic rings. The monoisotopic (exact) mass is 548 g/mol. The van der Waals surface area contributed by atoms with E-state index < -0.39 is 24.1 Å². The Morgan fingerprint density at radius 3 is 2.64 bits per heavy atom. The quantitative estimate of drug-likeness (QED) is 0.417. The van der Waals surface area contributed by atoms with Crippen molar-refractivity contribution in [1.29, 1.82) is 0 Å². The lowest BCUT2D eigenvalue weighted by atomic mass is 10.0. The van der Waals surface area contributed by atoms with Crippen LogP contribution in [0.25, 0.3) is 10.4 Å². The average Bonchev–Trinajstić information content (AvgIpc) is 3.60. The fourth-order valence-corrected chi connectivity index (χ4v) is 6.29. The van der Waals surface area contributed by atoms with E-state index in [2.05, 4.69) is 10.3 Å². The van der Waals surface area contributed by atoms with E-state index in [-0.39, 0.29) is 43.0 Å². The number of hydrogen-bond donors (Lipinski definition) is 3. The molecule has 3 amide bonds. The molecule has 2 aliphatic heterocycles. The number of nitrogens with zero attached hydrogens (tertiary/aromatic N) is 3. The lowest BCUT2D eigenvalue weighted by Gasteiger charge is -2.35. The molecule has 5 rings (SSSR count). The van der Waals surface area contributed by atoms with Crippen LogP contribution >= 0.6 is 11.3 Å². The minimum Gasteiger partial charge on any atom is -0.508 e. The minimum atomic E-state index is -0.880. The molecule has 2 aliphatic rings. The number of phenolic OH excluding ortho intramolecular Hbond substituents is 1. The van der Waals surface area contributed by atoms with Crippen LogP contribution in [0.5, 0.6) is 5.75 Å². The standard InChI is InChI=1S/C29H32N4O5S/c1-16(2)25(33-13-20-6-4-5-7-22(20)28(33)37)29(38)32-14-21(34)11-23(32)27(36)30-12-19-9-8-18(10-24(19)35)26-17(3)31-15-39-26/h4-10,15-16,21,23,25,34-35H,11-14H2,1-3H3,(H,30,36). The maximum atomic E-state index is 13.8. The third kappa shape index (κ3) is 5.14. The largest absolute Gasteiger partial charge is 0.508 e. The summed E-state index contributed by atoms with van der Waals surface area (Å²) in [6.07, 6.45) is -0.745. The lowest BCUT2D eigenvalue weighted by molar-refractivity contribution is -0.143. The van der Waals surface area contributed by atoms with Crippen LogP contribution in [0.1, 0.15) is 47.4 Å². The molecular weight excluding hydrogens is 516 g/mol. The van der Waals surface area contributed by atoms with Gasteiger partial charge < -0.3 is 25.3 Å². The van der Waals surface area contributed by atoms with Gasteiger partial charge in [-0.25, -0.2) is 4.98 Å². The zero-order valence-corrected chi connectivity index (χ0v) is 22.9. The number of carbonyl (C=O) groups excluding carboxylic acids is 3. The third-order valence-electron chi connectivity index (χ3n) is 7.48. The summed E-state index contributed by atoms with van der Waals surface area (Å²) >= 11 is 1.49. The summed E-state index contributed by atoms with van der Waals surface area (Å²) in [5, 5.41) is 23.8. The van der Waals surface area contributed by atoms with Gasteiger partial charge in [-0.3, -0.25) is 14.4 Å². The molecule has 0 bridgehead atoms. The first-order valence-electron chi connectivity index (χ1n) is 13.0. The normalized spacial score (nSPS) is 19.5. The number of aliphatic hydroxyl groups excluding tert-OH is 1. The molecule has 1 fully saturated rings. The minimum absolute atomic E-state index is 0.0171. The van der Waals surface area contributed by atoms with E-state index in [1.54, 1.807) is 34.7 Å². The van der Waals surface area contributed by atoms with Crippen LogP contribution in [-0.4, -0.2) is 67.5 Å². The molecule has 0 aliphatic carbocycles. The number of phenols is 1. The van der Waals surface area contributed by atoms with Gasteiger partial charge >= 0.3 is 0 Å². The summed E-state index contributed by atoms with van der Waals surface area (Å²) in [6.45, 7) is 6.06. The number of β-amino-alcohol motifs (C(OH)–C–C–N with tert-alkyl or cyclic N) is 1. The molecule has 3 atom stereocenters. The average molecular weight is 549 g/mol. The van der Waals surface area contributed by atoms with Crippen molar-refractivity contribution in [2.75, 3.05) is 6.54 Å². The fourth-order valence-electron chi connectivity index (χ4n) is 5.49. The van der Waals surface area contributed by atoms with Crippen LogP contribution in [0.3, 0.4) is 0 Å². The molecule has 0 spiro atoms. The molecule has 2 aromatic carbocycles. The topological polar surface area (TPSA) is 123 Å². The molecule has 10 heteroatoms. The Morgan fingerprint density at radius 1 is 1.21 bits per heavy atom. The van der Waals surface area contributed by atoms with E-state index >= 15 is 0 Å². The SMILES string of the molecule is Cc1ncsc1-c1ccc(CNC(=O)C2CC(O)CN2C(=O)C(C(C)C)N2Cc3ccccc3C2=O)c(O)c1. The molecule has 3 N–H and O–H groups in total. The van der Waals surface area contributed by atoms with Crippen molar-refractivity contribution in [3.8, 4) is 16.2 Å². The van der Waals surface area contributed by atoms with Gasteiger partial charge in [-0.15, -0.1) is 11.3 Å². The van der Waals surface area contributed by atoms with Crippen molar-refractivity contribution in [3.63, 3.8) is 0 Å². The number of thiazole rings is 1. The van der Waals surface area contributed by atoms with Gasteiger partial charge in [-0.2, -0.15) is 0 Å². The van der Waals surface area contributed by atoms with Crippen LogP contribution < -0.4 is 5.32 Å². The van der Waals surface area contributed by atoms with E-state index in [4.69, 9.17) is 0 Å². The summed E-state index contributed by atoms with van der Waals surface area (Å²) in [5.41, 5.74) is 5.46. The van der Waals surface area contributed by atoms with Gasteiger partial charge in [0.25, 0.3) is 5.91 Å². The zero-order valence-electron chi connectivity index (χ0n) is 22.1. The summed E-state index contributed by atoms with van der Waals surface area (Å²) in [6, 6.07) is 10.9. The number of likely N-dealkylation sites (tertiary alicyclic amines) is 1. The Balaban J connectivity index is 1.29. The number of aromatic hydroxyl groups is 1. The number of carbonyl (C=O) groups is 3. The van der Waals surface area contributed by atoms with Gasteiger partial charge in [0, 0.05) is 37.2 Å². The Labute approximate surface area is 231 Å². The van der Waals surface area contributed by atoms with Gasteiger partial charge in [0.05, 0.1) is 22.2 Å². The Morgan fingerprint density at radius 2 is 1.97 bits per heavy atom. The molecule has 1 aromatic heterocycles. The van der Waals surface area contributed by atoms with E-state index in [0.717, 1.165) is 21.7 Å². The molecule has 3 unspecified atom stereocenters. The zero-order chi connectivity index (χ0) is 27.8. The van der Waals surface area contributed by atoms with Gasteiger partial charge in [0.15, 0.2) is 0 Å². The van der Waals surface area contributed by atoms with Crippen molar-refractivity contribution in [1.82, 2.24) is 20.1 Å². The van der Waals surface area contributed by atoms with Crippen LogP contribution in [0.2, 0.25) is 0 Å². The Kier molecular flexibility index (Phi) is 7.42. The summed E-state index contributed by atoms with van der Waals surface area (Å²) < 4.78 is 0. The smallest absolute Gasteiger partial charge is 0.255 e. The van der Waals surface area contributed by atoms with E-state index in [0.29, 0.717) is 17.7 Å². The highest BCUT2D eigenvalue weighted by Crippen LogP contribution is 2.32. The van der Waals surface area contributed by atoms with Crippen molar-refractivity contribution in [2.45, 2.75) is 58.5 Å². The lowest BCUT2D eigenvalue weighted by Crippen LogP contribution is -2.55. The number of aryl methyl sites for hydroxylation is 1. The van der Waals surface area contributed by atoms with Gasteiger partial charge in [0.2, 0.25) is 11.8 Å². The molecule has 204 valence electrons. The number of nitrogens with one attached hydrogen (secondary N) is 1. The maximum absolute atomic E-state index is 13.8. The number of aromatic nitrogens is 1. The first kappa shape index (κ1) is 26.8. The fraction of sp³-hybridized carbons (Fsp3) is 0.379. The predicted molar refractivity (Wildman–Crippen MR) is 147 cm³/mol. The number of fused-ring (bicyclic) bond motifs is 1.